The van der Waals surface area contributed by atoms with E-state index in [0.717, 1.165) is 17.7 Å². The van der Waals surface area contributed by atoms with E-state index in [1.807, 2.05) is 30.3 Å². The van der Waals surface area contributed by atoms with Crippen LogP contribution in [0.1, 0.15) is 18.1 Å². The van der Waals surface area contributed by atoms with Gasteiger partial charge in [-0.1, -0.05) is 42.8 Å². The van der Waals surface area contributed by atoms with Crippen molar-refractivity contribution in [2.45, 2.75) is 13.3 Å². The van der Waals surface area contributed by atoms with E-state index in [1.54, 1.807) is 30.5 Å². The summed E-state index contributed by atoms with van der Waals surface area (Å²) in [5, 5.41) is 19.7. The number of aromatic nitrogens is 2. The maximum absolute atomic E-state index is 12.4. The highest BCUT2D eigenvalue weighted by molar-refractivity contribution is 6.30. The number of H-pyrrole nitrogens is 1. The lowest BCUT2D eigenvalue weighted by Crippen LogP contribution is -2.13. The molecule has 2 aromatic carbocycles. The van der Waals surface area contributed by atoms with Gasteiger partial charge in [-0.15, -0.1) is 0 Å². The molecular weight excluding hydrogens is 360 g/mol. The second-order valence-electron chi connectivity index (χ2n) is 5.88. The van der Waals surface area contributed by atoms with Crippen LogP contribution >= 0.6 is 11.6 Å². The van der Waals surface area contributed by atoms with Crippen molar-refractivity contribution in [2.24, 2.45) is 0 Å². The van der Waals surface area contributed by atoms with Gasteiger partial charge in [-0.25, -0.2) is 0 Å². The molecular formula is C21H17ClN4O. The Morgan fingerprint density at radius 2 is 1.93 bits per heavy atom. The minimum Gasteiger partial charge on any atom is -0.321 e. The molecule has 1 aromatic heterocycles. The van der Waals surface area contributed by atoms with Gasteiger partial charge in [0.1, 0.15) is 11.6 Å². The van der Waals surface area contributed by atoms with Gasteiger partial charge >= 0.3 is 0 Å². The topological polar surface area (TPSA) is 81.6 Å². The van der Waals surface area contributed by atoms with E-state index in [9.17, 15) is 10.1 Å². The van der Waals surface area contributed by atoms with Crippen LogP contribution < -0.4 is 5.32 Å². The second-order valence-corrected chi connectivity index (χ2v) is 6.32. The van der Waals surface area contributed by atoms with Crippen molar-refractivity contribution < 1.29 is 4.79 Å². The van der Waals surface area contributed by atoms with Crippen LogP contribution in [0.3, 0.4) is 0 Å². The summed E-state index contributed by atoms with van der Waals surface area (Å²) in [4.78, 5) is 12.4. The van der Waals surface area contributed by atoms with Crippen LogP contribution in [0.2, 0.25) is 5.02 Å². The van der Waals surface area contributed by atoms with Gasteiger partial charge in [0.05, 0.1) is 11.9 Å². The Labute approximate surface area is 162 Å². The first-order valence-electron chi connectivity index (χ1n) is 8.42. The van der Waals surface area contributed by atoms with E-state index >= 15 is 0 Å². The molecule has 0 bridgehead atoms. The molecule has 1 heterocycles. The Morgan fingerprint density at radius 3 is 2.56 bits per heavy atom. The smallest absolute Gasteiger partial charge is 0.266 e. The molecule has 0 spiro atoms. The zero-order valence-corrected chi connectivity index (χ0v) is 15.4. The molecule has 0 aliphatic rings. The number of hydrogen-bond acceptors (Lipinski definition) is 3. The molecule has 6 heteroatoms. The maximum Gasteiger partial charge on any atom is 0.266 e. The molecule has 3 aromatic rings. The number of aromatic amines is 1. The van der Waals surface area contributed by atoms with Crippen molar-refractivity contribution >= 4 is 29.3 Å². The molecule has 0 saturated carbocycles. The molecule has 0 radical (unpaired) electrons. The van der Waals surface area contributed by atoms with E-state index in [-0.39, 0.29) is 5.57 Å². The Bertz CT molecular complexity index is 1010. The van der Waals surface area contributed by atoms with Crippen molar-refractivity contribution in [1.82, 2.24) is 10.2 Å². The number of hydrogen-bond donors (Lipinski definition) is 2. The zero-order valence-electron chi connectivity index (χ0n) is 14.7. The van der Waals surface area contributed by atoms with Crippen molar-refractivity contribution in [3.63, 3.8) is 0 Å². The van der Waals surface area contributed by atoms with Gasteiger partial charge in [0.2, 0.25) is 0 Å². The molecule has 0 unspecified atom stereocenters. The number of halogens is 1. The summed E-state index contributed by atoms with van der Waals surface area (Å²) in [7, 11) is 0. The molecule has 0 aliphatic heterocycles. The number of aryl methyl sites for hydroxylation is 1. The minimum absolute atomic E-state index is 0.0159. The van der Waals surface area contributed by atoms with Gasteiger partial charge < -0.3 is 5.32 Å². The quantitative estimate of drug-likeness (QED) is 0.494. The maximum atomic E-state index is 12.4. The Balaban J connectivity index is 1.85. The lowest BCUT2D eigenvalue weighted by atomic mass is 10.0. The third-order valence-electron chi connectivity index (χ3n) is 4.09. The fourth-order valence-electron chi connectivity index (χ4n) is 2.58. The highest BCUT2D eigenvalue weighted by Crippen LogP contribution is 2.24. The number of carbonyl (C=O) groups is 1. The number of amides is 1. The van der Waals surface area contributed by atoms with Gasteiger partial charge in [-0.2, -0.15) is 10.4 Å². The minimum atomic E-state index is -0.492. The summed E-state index contributed by atoms with van der Waals surface area (Å²) in [6.45, 7) is 2.10. The highest BCUT2D eigenvalue weighted by Gasteiger charge is 2.13. The predicted molar refractivity (Wildman–Crippen MR) is 107 cm³/mol. The number of carbonyl (C=O) groups excluding carboxylic acids is 1. The van der Waals surface area contributed by atoms with Crippen LogP contribution in [-0.2, 0) is 11.2 Å². The normalized spacial score (nSPS) is 11.1. The van der Waals surface area contributed by atoms with E-state index < -0.39 is 5.91 Å². The van der Waals surface area contributed by atoms with Crippen molar-refractivity contribution in [1.29, 1.82) is 5.26 Å². The SMILES string of the molecule is CCc1ccc(-c2[nH]ncc2/C=C(\C#N)C(=O)Nc2ccc(Cl)cc2)cc1. The van der Waals surface area contributed by atoms with Gasteiger partial charge in [-0.05, 0) is 42.3 Å². The number of benzene rings is 2. The lowest BCUT2D eigenvalue weighted by Gasteiger charge is -2.05. The Hall–Kier alpha value is -3.36. The van der Waals surface area contributed by atoms with Crippen LogP contribution in [0.5, 0.6) is 0 Å². The summed E-state index contributed by atoms with van der Waals surface area (Å²) >= 11 is 5.84. The first-order valence-corrected chi connectivity index (χ1v) is 8.80. The number of nitrogens with one attached hydrogen (secondary N) is 2. The van der Waals surface area contributed by atoms with Crippen LogP contribution in [0.4, 0.5) is 5.69 Å². The Kier molecular flexibility index (Phi) is 5.70. The fraction of sp³-hybridized carbons (Fsp3) is 0.0952. The number of nitriles is 1. The summed E-state index contributed by atoms with van der Waals surface area (Å²) in [5.41, 5.74) is 4.14. The molecule has 5 nitrogen and oxygen atoms in total. The summed E-state index contributed by atoms with van der Waals surface area (Å²) in [6, 6.07) is 16.7. The zero-order chi connectivity index (χ0) is 19.2. The second kappa shape index (κ2) is 8.35. The standard InChI is InChI=1S/C21H17ClN4O/c1-2-14-3-5-15(6-4-14)20-17(13-24-26-20)11-16(12-23)21(27)25-19-9-7-18(22)8-10-19/h3-11,13H,2H2,1H3,(H,24,26)(H,25,27)/b16-11+. The number of anilines is 1. The van der Waals surface area contributed by atoms with E-state index in [4.69, 9.17) is 11.6 Å². The molecule has 0 aliphatic carbocycles. The van der Waals surface area contributed by atoms with Crippen LogP contribution in [0.25, 0.3) is 17.3 Å². The van der Waals surface area contributed by atoms with Crippen molar-refractivity contribution in [3.05, 3.63) is 76.5 Å². The van der Waals surface area contributed by atoms with Crippen molar-refractivity contribution in [3.8, 4) is 17.3 Å². The Morgan fingerprint density at radius 1 is 1.22 bits per heavy atom. The summed E-state index contributed by atoms with van der Waals surface area (Å²) < 4.78 is 0. The number of nitrogens with zero attached hydrogens (tertiary/aromatic N) is 2. The summed E-state index contributed by atoms with van der Waals surface area (Å²) in [5.74, 6) is -0.492. The van der Waals surface area contributed by atoms with Gasteiger partial charge in [-0.3, -0.25) is 9.89 Å². The first kappa shape index (κ1) is 18.4. The molecule has 0 saturated heterocycles. The largest absolute Gasteiger partial charge is 0.321 e. The van der Waals surface area contributed by atoms with Gasteiger partial charge in [0.25, 0.3) is 5.91 Å². The first-order chi connectivity index (χ1) is 13.1. The molecule has 134 valence electrons. The molecule has 0 atom stereocenters. The third kappa shape index (κ3) is 4.43. The van der Waals surface area contributed by atoms with Crippen molar-refractivity contribution in [2.75, 3.05) is 5.32 Å². The van der Waals surface area contributed by atoms with Gasteiger partial charge in [0.15, 0.2) is 0 Å². The lowest BCUT2D eigenvalue weighted by molar-refractivity contribution is -0.112. The van der Waals surface area contributed by atoms with Crippen LogP contribution in [0.15, 0.2) is 60.3 Å². The summed E-state index contributed by atoms with van der Waals surface area (Å²) in [6.07, 6.45) is 4.08. The van der Waals surface area contributed by atoms with Crippen LogP contribution in [-0.4, -0.2) is 16.1 Å². The average molecular weight is 377 g/mol. The van der Waals surface area contributed by atoms with E-state index in [2.05, 4.69) is 22.4 Å². The highest BCUT2D eigenvalue weighted by atomic mass is 35.5. The molecule has 1 amide bonds. The molecule has 0 fully saturated rings. The van der Waals surface area contributed by atoms with E-state index in [1.165, 1.54) is 11.6 Å². The predicted octanol–water partition coefficient (Wildman–Crippen LogP) is 4.84. The fourth-order valence-corrected chi connectivity index (χ4v) is 2.70. The monoisotopic (exact) mass is 376 g/mol. The molecule has 27 heavy (non-hydrogen) atoms. The number of rotatable bonds is 5. The third-order valence-corrected chi connectivity index (χ3v) is 4.34. The van der Waals surface area contributed by atoms with E-state index in [0.29, 0.717) is 16.3 Å². The average Bonchev–Trinajstić information content (AvgIpc) is 3.16. The molecule has 3 rings (SSSR count). The van der Waals surface area contributed by atoms with Gasteiger partial charge in [0, 0.05) is 21.8 Å². The molecule has 2 N–H and O–H groups in total. The van der Waals surface area contributed by atoms with Crippen LogP contribution in [0, 0.1) is 11.3 Å².